The van der Waals surface area contributed by atoms with Crippen LogP contribution in [0.15, 0.2) is 36.4 Å². The second-order valence-electron chi connectivity index (χ2n) is 5.87. The van der Waals surface area contributed by atoms with Crippen LogP contribution in [0.5, 0.6) is 5.75 Å². The van der Waals surface area contributed by atoms with Gasteiger partial charge in [-0.3, -0.25) is 0 Å². The van der Waals surface area contributed by atoms with Crippen LogP contribution in [-0.4, -0.2) is 21.7 Å². The van der Waals surface area contributed by atoms with Crippen LogP contribution in [0, 0.1) is 0 Å². The van der Waals surface area contributed by atoms with Gasteiger partial charge in [0.2, 0.25) is 0 Å². The molecule has 0 atom stereocenters. The quantitative estimate of drug-likeness (QED) is 0.572. The van der Waals surface area contributed by atoms with Crippen molar-refractivity contribution in [3.05, 3.63) is 42.1 Å². The number of methoxy groups -OCH3 is 1. The summed E-state index contributed by atoms with van der Waals surface area (Å²) in [6, 6.07) is 11.8. The molecule has 4 rings (SSSR count). The third kappa shape index (κ3) is 2.41. The third-order valence-corrected chi connectivity index (χ3v) is 4.50. The van der Waals surface area contributed by atoms with Crippen molar-refractivity contribution >= 4 is 11.5 Å². The molecule has 1 fully saturated rings. The van der Waals surface area contributed by atoms with Gasteiger partial charge in [0.15, 0.2) is 5.65 Å². The number of hydrogen-bond acceptors (Lipinski definition) is 5. The zero-order chi connectivity index (χ0) is 15.8. The van der Waals surface area contributed by atoms with Gasteiger partial charge in [0.1, 0.15) is 11.6 Å². The summed E-state index contributed by atoms with van der Waals surface area (Å²) in [6.45, 7) is 0. The van der Waals surface area contributed by atoms with E-state index in [1.54, 1.807) is 11.6 Å². The van der Waals surface area contributed by atoms with Crippen molar-refractivity contribution in [2.45, 2.75) is 25.2 Å². The number of ether oxygens (including phenoxy) is 1. The van der Waals surface area contributed by atoms with Crippen LogP contribution < -0.4 is 16.0 Å². The number of hydrazine groups is 1. The molecule has 6 heteroatoms. The Hall–Kier alpha value is -2.60. The molecule has 0 saturated heterocycles. The molecule has 1 aliphatic rings. The second-order valence-corrected chi connectivity index (χ2v) is 5.87. The zero-order valence-corrected chi connectivity index (χ0v) is 13.0. The SMILES string of the molecule is COc1ccc(-c2cc(NN)n3nc(C4CCC4)cc3n2)cc1. The van der Waals surface area contributed by atoms with Crippen LogP contribution in [0.3, 0.4) is 0 Å². The van der Waals surface area contributed by atoms with Crippen LogP contribution in [0.25, 0.3) is 16.9 Å². The van der Waals surface area contributed by atoms with Crippen LogP contribution in [0.2, 0.25) is 0 Å². The first-order valence-corrected chi connectivity index (χ1v) is 7.80. The molecule has 3 N–H and O–H groups in total. The van der Waals surface area contributed by atoms with E-state index in [2.05, 4.69) is 16.6 Å². The Morgan fingerprint density at radius 3 is 2.61 bits per heavy atom. The Morgan fingerprint density at radius 2 is 2.00 bits per heavy atom. The molecule has 0 aliphatic heterocycles. The zero-order valence-electron chi connectivity index (χ0n) is 13.0. The van der Waals surface area contributed by atoms with E-state index in [0.717, 1.165) is 34.2 Å². The maximum absolute atomic E-state index is 5.68. The molecule has 6 nitrogen and oxygen atoms in total. The van der Waals surface area contributed by atoms with E-state index in [1.807, 2.05) is 30.3 Å². The summed E-state index contributed by atoms with van der Waals surface area (Å²) in [4.78, 5) is 4.74. The lowest BCUT2D eigenvalue weighted by Gasteiger charge is -2.22. The summed E-state index contributed by atoms with van der Waals surface area (Å²) < 4.78 is 6.98. The third-order valence-electron chi connectivity index (χ3n) is 4.50. The number of rotatable bonds is 4. The number of nitrogens with two attached hydrogens (primary N) is 1. The van der Waals surface area contributed by atoms with E-state index >= 15 is 0 Å². The van der Waals surface area contributed by atoms with Gasteiger partial charge in [-0.2, -0.15) is 9.61 Å². The molecule has 1 aliphatic carbocycles. The predicted octanol–water partition coefficient (Wildman–Crippen LogP) is 2.96. The number of aromatic nitrogens is 3. The molecule has 23 heavy (non-hydrogen) atoms. The fraction of sp³-hybridized carbons (Fsp3) is 0.294. The van der Waals surface area contributed by atoms with E-state index in [4.69, 9.17) is 15.6 Å². The number of nitrogens with zero attached hydrogens (tertiary/aromatic N) is 3. The Balaban J connectivity index is 1.80. The smallest absolute Gasteiger partial charge is 0.158 e. The summed E-state index contributed by atoms with van der Waals surface area (Å²) in [5, 5.41) is 4.66. The van der Waals surface area contributed by atoms with Crippen LogP contribution in [0.1, 0.15) is 30.9 Å². The maximum Gasteiger partial charge on any atom is 0.158 e. The summed E-state index contributed by atoms with van der Waals surface area (Å²) in [5.41, 5.74) is 6.51. The molecule has 0 unspecified atom stereocenters. The highest BCUT2D eigenvalue weighted by Gasteiger charge is 2.23. The normalized spacial score (nSPS) is 14.7. The van der Waals surface area contributed by atoms with Crippen molar-refractivity contribution in [2.75, 3.05) is 12.5 Å². The minimum Gasteiger partial charge on any atom is -0.497 e. The van der Waals surface area contributed by atoms with Crippen LogP contribution >= 0.6 is 0 Å². The number of fused-ring (bicyclic) bond motifs is 1. The van der Waals surface area contributed by atoms with Crippen molar-refractivity contribution in [3.8, 4) is 17.0 Å². The summed E-state index contributed by atoms with van der Waals surface area (Å²) >= 11 is 0. The molecule has 1 aromatic carbocycles. The largest absolute Gasteiger partial charge is 0.497 e. The lowest BCUT2D eigenvalue weighted by molar-refractivity contribution is 0.410. The van der Waals surface area contributed by atoms with Gasteiger partial charge in [-0.1, -0.05) is 6.42 Å². The molecule has 3 aromatic rings. The Bertz CT molecular complexity index is 836. The highest BCUT2D eigenvalue weighted by molar-refractivity contribution is 5.67. The molecule has 0 amide bonds. The summed E-state index contributed by atoms with van der Waals surface area (Å²) in [6.07, 6.45) is 3.70. The van der Waals surface area contributed by atoms with Gasteiger partial charge < -0.3 is 10.2 Å². The fourth-order valence-electron chi connectivity index (χ4n) is 2.91. The molecule has 0 bridgehead atoms. The topological polar surface area (TPSA) is 77.5 Å². The molecular weight excluding hydrogens is 290 g/mol. The maximum atomic E-state index is 5.68. The lowest BCUT2D eigenvalue weighted by atomic mass is 9.83. The van der Waals surface area contributed by atoms with Gasteiger partial charge in [0.25, 0.3) is 0 Å². The van der Waals surface area contributed by atoms with Crippen LogP contribution in [0.4, 0.5) is 5.82 Å². The minimum absolute atomic E-state index is 0.562. The number of nitrogens with one attached hydrogen (secondary N) is 1. The summed E-state index contributed by atoms with van der Waals surface area (Å²) in [5.74, 6) is 7.79. The van der Waals surface area contributed by atoms with Crippen LogP contribution in [-0.2, 0) is 0 Å². The Kier molecular flexibility index (Phi) is 3.38. The Morgan fingerprint density at radius 1 is 1.22 bits per heavy atom. The van der Waals surface area contributed by atoms with Gasteiger partial charge in [-0.15, -0.1) is 0 Å². The first-order valence-electron chi connectivity index (χ1n) is 7.80. The van der Waals surface area contributed by atoms with E-state index in [-0.39, 0.29) is 0 Å². The van der Waals surface area contributed by atoms with Gasteiger partial charge in [-0.25, -0.2) is 10.8 Å². The number of anilines is 1. The van der Waals surface area contributed by atoms with Gasteiger partial charge in [-0.05, 0) is 37.1 Å². The van der Waals surface area contributed by atoms with E-state index in [9.17, 15) is 0 Å². The lowest BCUT2D eigenvalue weighted by Crippen LogP contribution is -2.13. The average molecular weight is 309 g/mol. The highest BCUT2D eigenvalue weighted by Crippen LogP contribution is 2.36. The highest BCUT2D eigenvalue weighted by atomic mass is 16.5. The molecule has 118 valence electrons. The standard InChI is InChI=1S/C17H19N5O/c1-23-13-7-5-12(6-8-13)14-9-17(20-18)22-16(19-14)10-15(21-22)11-3-2-4-11/h5-11,20H,2-4,18H2,1H3. The number of nitrogen functional groups attached to an aromatic ring is 1. The van der Waals surface area contributed by atoms with E-state index in [1.165, 1.54) is 19.3 Å². The van der Waals surface area contributed by atoms with Gasteiger partial charge >= 0.3 is 0 Å². The van der Waals surface area contributed by atoms with Crippen molar-refractivity contribution in [2.24, 2.45) is 5.84 Å². The first-order chi connectivity index (χ1) is 11.3. The Labute approximate surface area is 134 Å². The van der Waals surface area contributed by atoms with Gasteiger partial charge in [0, 0.05) is 23.6 Å². The van der Waals surface area contributed by atoms with Crippen molar-refractivity contribution in [1.82, 2.24) is 14.6 Å². The molecule has 2 aromatic heterocycles. The molecule has 1 saturated carbocycles. The van der Waals surface area contributed by atoms with Crippen molar-refractivity contribution in [3.63, 3.8) is 0 Å². The fourth-order valence-corrected chi connectivity index (χ4v) is 2.91. The molecule has 0 radical (unpaired) electrons. The van der Waals surface area contributed by atoms with E-state index in [0.29, 0.717) is 5.92 Å². The van der Waals surface area contributed by atoms with Gasteiger partial charge in [0.05, 0.1) is 18.5 Å². The number of benzene rings is 1. The second kappa shape index (κ2) is 5.55. The van der Waals surface area contributed by atoms with Crippen molar-refractivity contribution < 1.29 is 4.74 Å². The number of hydrogen-bond donors (Lipinski definition) is 2. The minimum atomic E-state index is 0.562. The summed E-state index contributed by atoms with van der Waals surface area (Å²) in [7, 11) is 1.66. The molecule has 2 heterocycles. The van der Waals surface area contributed by atoms with E-state index < -0.39 is 0 Å². The molecule has 0 spiro atoms. The predicted molar refractivity (Wildman–Crippen MR) is 89.4 cm³/mol. The molecular formula is C17H19N5O. The first kappa shape index (κ1) is 14.0. The monoisotopic (exact) mass is 309 g/mol. The average Bonchev–Trinajstić information content (AvgIpc) is 2.95. The van der Waals surface area contributed by atoms with Crippen molar-refractivity contribution in [1.29, 1.82) is 0 Å².